The summed E-state index contributed by atoms with van der Waals surface area (Å²) in [7, 11) is 0. The van der Waals surface area contributed by atoms with Gasteiger partial charge < -0.3 is 13.9 Å². The summed E-state index contributed by atoms with van der Waals surface area (Å²) in [4.78, 5) is 23.9. The minimum Gasteiger partial charge on any atom is -0.464 e. The van der Waals surface area contributed by atoms with Crippen molar-refractivity contribution in [2.75, 3.05) is 0 Å². The standard InChI is InChI=1S/C20H12N4O3/c25-19-15(11-21-17(22-19)12-4-2-1-3-5-12)20-23-18(24-27-20)14-6-7-16-13(10-14)8-9-26-16/h1-11H,(H,21,22,25). The van der Waals surface area contributed by atoms with E-state index in [0.717, 1.165) is 22.1 Å². The number of hydrogen-bond acceptors (Lipinski definition) is 6. The molecular weight excluding hydrogens is 344 g/mol. The van der Waals surface area contributed by atoms with Gasteiger partial charge in [-0.1, -0.05) is 35.5 Å². The molecule has 0 saturated carbocycles. The lowest BCUT2D eigenvalue weighted by Crippen LogP contribution is -2.11. The van der Waals surface area contributed by atoms with E-state index in [1.165, 1.54) is 6.20 Å². The van der Waals surface area contributed by atoms with Gasteiger partial charge in [0.15, 0.2) is 0 Å². The highest BCUT2D eigenvalue weighted by Crippen LogP contribution is 2.25. The van der Waals surface area contributed by atoms with E-state index in [0.29, 0.717) is 11.6 Å². The quantitative estimate of drug-likeness (QED) is 0.526. The van der Waals surface area contributed by atoms with Gasteiger partial charge >= 0.3 is 0 Å². The number of aromatic nitrogens is 4. The molecule has 1 N–H and O–H groups in total. The normalized spacial score (nSPS) is 11.1. The summed E-state index contributed by atoms with van der Waals surface area (Å²) >= 11 is 0. The van der Waals surface area contributed by atoms with E-state index < -0.39 is 0 Å². The van der Waals surface area contributed by atoms with Gasteiger partial charge in [0, 0.05) is 22.7 Å². The van der Waals surface area contributed by atoms with E-state index in [2.05, 4.69) is 20.1 Å². The van der Waals surface area contributed by atoms with Gasteiger partial charge in [-0.3, -0.25) is 4.79 Å². The van der Waals surface area contributed by atoms with Gasteiger partial charge in [-0.15, -0.1) is 0 Å². The summed E-state index contributed by atoms with van der Waals surface area (Å²) < 4.78 is 10.6. The second-order valence-corrected chi connectivity index (χ2v) is 5.94. The Kier molecular flexibility index (Phi) is 3.43. The zero-order valence-corrected chi connectivity index (χ0v) is 13.9. The lowest BCUT2D eigenvalue weighted by atomic mass is 10.1. The number of rotatable bonds is 3. The predicted octanol–water partition coefficient (Wildman–Crippen LogP) is 3.90. The topological polar surface area (TPSA) is 97.8 Å². The number of H-pyrrole nitrogens is 1. The van der Waals surface area contributed by atoms with Gasteiger partial charge in [0.05, 0.1) is 6.26 Å². The van der Waals surface area contributed by atoms with Gasteiger partial charge in [-0.05, 0) is 24.3 Å². The maximum atomic E-state index is 12.5. The van der Waals surface area contributed by atoms with Crippen molar-refractivity contribution in [3.63, 3.8) is 0 Å². The van der Waals surface area contributed by atoms with Crippen LogP contribution in [-0.2, 0) is 0 Å². The SMILES string of the molecule is O=c1[nH]c(-c2ccccc2)ncc1-c1nc(-c2ccc3occc3c2)no1. The fraction of sp³-hybridized carbons (Fsp3) is 0. The van der Waals surface area contributed by atoms with Gasteiger partial charge in [-0.2, -0.15) is 4.98 Å². The number of nitrogens with zero attached hydrogens (tertiary/aromatic N) is 3. The lowest BCUT2D eigenvalue weighted by Gasteiger charge is -2.00. The van der Waals surface area contributed by atoms with Crippen LogP contribution in [0.15, 0.2) is 80.8 Å². The second-order valence-electron chi connectivity index (χ2n) is 5.94. The summed E-state index contributed by atoms with van der Waals surface area (Å²) in [6.45, 7) is 0. The highest BCUT2D eigenvalue weighted by atomic mass is 16.5. The monoisotopic (exact) mass is 356 g/mol. The van der Waals surface area contributed by atoms with Crippen molar-refractivity contribution in [1.29, 1.82) is 0 Å². The van der Waals surface area contributed by atoms with E-state index >= 15 is 0 Å². The number of hydrogen-bond donors (Lipinski definition) is 1. The summed E-state index contributed by atoms with van der Waals surface area (Å²) in [6.07, 6.45) is 3.06. The Morgan fingerprint density at radius 3 is 2.70 bits per heavy atom. The third-order valence-electron chi connectivity index (χ3n) is 4.21. The molecule has 0 aliphatic carbocycles. The Balaban J connectivity index is 1.51. The molecule has 0 fully saturated rings. The molecule has 7 nitrogen and oxygen atoms in total. The van der Waals surface area contributed by atoms with Crippen molar-refractivity contribution in [1.82, 2.24) is 20.1 Å². The second kappa shape index (κ2) is 6.06. The Morgan fingerprint density at radius 1 is 0.963 bits per heavy atom. The van der Waals surface area contributed by atoms with Crippen LogP contribution in [0.3, 0.4) is 0 Å². The van der Waals surface area contributed by atoms with E-state index in [1.54, 1.807) is 6.26 Å². The Morgan fingerprint density at radius 2 is 1.85 bits per heavy atom. The molecule has 0 amide bonds. The number of benzene rings is 2. The molecule has 0 unspecified atom stereocenters. The molecule has 5 aromatic rings. The third kappa shape index (κ3) is 2.71. The first-order chi connectivity index (χ1) is 13.3. The molecule has 3 aromatic heterocycles. The van der Waals surface area contributed by atoms with Gasteiger partial charge in [-0.25, -0.2) is 4.98 Å². The first-order valence-electron chi connectivity index (χ1n) is 8.24. The number of furan rings is 1. The number of nitrogens with one attached hydrogen (secondary N) is 1. The number of fused-ring (bicyclic) bond motifs is 1. The highest BCUT2D eigenvalue weighted by Gasteiger charge is 2.15. The van der Waals surface area contributed by atoms with Crippen LogP contribution in [0.25, 0.3) is 45.2 Å². The van der Waals surface area contributed by atoms with E-state index in [9.17, 15) is 4.79 Å². The lowest BCUT2D eigenvalue weighted by molar-refractivity contribution is 0.431. The van der Waals surface area contributed by atoms with Crippen LogP contribution in [0.2, 0.25) is 0 Å². The average molecular weight is 356 g/mol. The van der Waals surface area contributed by atoms with Crippen LogP contribution >= 0.6 is 0 Å². The molecule has 0 aliphatic rings. The molecule has 0 atom stereocenters. The maximum absolute atomic E-state index is 12.5. The maximum Gasteiger partial charge on any atom is 0.265 e. The number of aromatic amines is 1. The van der Waals surface area contributed by atoms with Crippen molar-refractivity contribution in [3.05, 3.63) is 77.4 Å². The average Bonchev–Trinajstić information content (AvgIpc) is 3.37. The molecule has 3 heterocycles. The van der Waals surface area contributed by atoms with E-state index in [4.69, 9.17) is 8.94 Å². The van der Waals surface area contributed by atoms with Crippen LogP contribution < -0.4 is 5.56 Å². The van der Waals surface area contributed by atoms with Crippen molar-refractivity contribution in [2.45, 2.75) is 0 Å². The molecule has 0 aliphatic heterocycles. The van der Waals surface area contributed by atoms with Crippen molar-refractivity contribution in [2.24, 2.45) is 0 Å². The van der Waals surface area contributed by atoms with Crippen molar-refractivity contribution < 1.29 is 8.94 Å². The molecule has 0 radical (unpaired) electrons. The molecule has 0 spiro atoms. The van der Waals surface area contributed by atoms with Gasteiger partial charge in [0.2, 0.25) is 5.82 Å². The van der Waals surface area contributed by atoms with Crippen LogP contribution in [0.1, 0.15) is 0 Å². The highest BCUT2D eigenvalue weighted by molar-refractivity contribution is 5.82. The van der Waals surface area contributed by atoms with E-state index in [-0.39, 0.29) is 17.0 Å². The first-order valence-corrected chi connectivity index (χ1v) is 8.24. The van der Waals surface area contributed by atoms with Crippen molar-refractivity contribution in [3.8, 4) is 34.2 Å². The molecular formula is C20H12N4O3. The molecule has 0 saturated heterocycles. The summed E-state index contributed by atoms with van der Waals surface area (Å²) in [5.74, 6) is 0.986. The van der Waals surface area contributed by atoms with E-state index in [1.807, 2.05) is 54.6 Å². The Labute approximate surface area is 152 Å². The van der Waals surface area contributed by atoms with Gasteiger partial charge in [0.1, 0.15) is 17.0 Å². The molecule has 7 heteroatoms. The predicted molar refractivity (Wildman–Crippen MR) is 98.8 cm³/mol. The molecule has 2 aromatic carbocycles. The smallest absolute Gasteiger partial charge is 0.265 e. The zero-order valence-electron chi connectivity index (χ0n) is 13.9. The van der Waals surface area contributed by atoms with Crippen molar-refractivity contribution >= 4 is 11.0 Å². The summed E-state index contributed by atoms with van der Waals surface area (Å²) in [5, 5.41) is 4.91. The van der Waals surface area contributed by atoms with Crippen LogP contribution in [0, 0.1) is 0 Å². The third-order valence-corrected chi connectivity index (χ3v) is 4.21. The van der Waals surface area contributed by atoms with Crippen LogP contribution in [0.5, 0.6) is 0 Å². The Bertz CT molecular complexity index is 1300. The first kappa shape index (κ1) is 15.3. The molecule has 5 rings (SSSR count). The fourth-order valence-corrected chi connectivity index (χ4v) is 2.85. The summed E-state index contributed by atoms with van der Waals surface area (Å²) in [5.41, 5.74) is 2.24. The largest absolute Gasteiger partial charge is 0.464 e. The van der Waals surface area contributed by atoms with Gasteiger partial charge in [0.25, 0.3) is 11.4 Å². The summed E-state index contributed by atoms with van der Waals surface area (Å²) in [6, 6.07) is 16.8. The Hall–Kier alpha value is -4.00. The fourth-order valence-electron chi connectivity index (χ4n) is 2.85. The van der Waals surface area contributed by atoms with Crippen LogP contribution in [0.4, 0.5) is 0 Å². The molecule has 130 valence electrons. The zero-order chi connectivity index (χ0) is 18.2. The minimum atomic E-state index is -0.343. The van der Waals surface area contributed by atoms with Crippen LogP contribution in [-0.4, -0.2) is 20.1 Å². The minimum absolute atomic E-state index is 0.116. The molecule has 0 bridgehead atoms. The molecule has 27 heavy (non-hydrogen) atoms.